The van der Waals surface area contributed by atoms with Crippen molar-refractivity contribution >= 4 is 5.57 Å². The van der Waals surface area contributed by atoms with Crippen LogP contribution in [0.4, 0.5) is 0 Å². The van der Waals surface area contributed by atoms with Gasteiger partial charge in [-0.05, 0) is 62.5 Å². The SMILES string of the molecule is CN1CCC(CCOC2(O)C=CC(c3ccccc3)=CC2)CC1. The number of ether oxygens (including phenoxy) is 1. The predicted octanol–water partition coefficient (Wildman–Crippen LogP) is 3.47. The average Bonchev–Trinajstić information content (AvgIpc) is 2.58. The predicted molar refractivity (Wildman–Crippen MR) is 93.9 cm³/mol. The highest BCUT2D eigenvalue weighted by Gasteiger charge is 2.26. The maximum atomic E-state index is 10.5. The fraction of sp³-hybridized carbons (Fsp3) is 0.500. The summed E-state index contributed by atoms with van der Waals surface area (Å²) < 4.78 is 5.79. The Morgan fingerprint density at radius 1 is 1.22 bits per heavy atom. The first-order chi connectivity index (χ1) is 11.1. The zero-order valence-electron chi connectivity index (χ0n) is 13.9. The molecule has 23 heavy (non-hydrogen) atoms. The van der Waals surface area contributed by atoms with Gasteiger partial charge in [0.05, 0.1) is 6.61 Å². The maximum absolute atomic E-state index is 10.5. The lowest BCUT2D eigenvalue weighted by Crippen LogP contribution is -2.33. The highest BCUT2D eigenvalue weighted by atomic mass is 16.6. The van der Waals surface area contributed by atoms with Crippen molar-refractivity contribution in [3.8, 4) is 0 Å². The Balaban J connectivity index is 1.46. The van der Waals surface area contributed by atoms with E-state index in [4.69, 9.17) is 4.74 Å². The molecule has 0 amide bonds. The number of likely N-dealkylation sites (tertiary alicyclic amines) is 1. The minimum atomic E-state index is -1.14. The van der Waals surface area contributed by atoms with E-state index in [1.807, 2.05) is 24.3 Å². The Morgan fingerprint density at radius 3 is 2.61 bits per heavy atom. The van der Waals surface area contributed by atoms with Gasteiger partial charge >= 0.3 is 0 Å². The minimum Gasteiger partial charge on any atom is -0.362 e. The van der Waals surface area contributed by atoms with Crippen LogP contribution in [0.3, 0.4) is 0 Å². The van der Waals surface area contributed by atoms with Crippen molar-refractivity contribution in [3.63, 3.8) is 0 Å². The van der Waals surface area contributed by atoms with Gasteiger partial charge in [0.1, 0.15) is 0 Å². The number of benzene rings is 1. The van der Waals surface area contributed by atoms with E-state index in [1.165, 1.54) is 31.5 Å². The van der Waals surface area contributed by atoms with Crippen LogP contribution in [0.25, 0.3) is 5.57 Å². The number of hydrogen-bond donors (Lipinski definition) is 1. The molecule has 0 aromatic heterocycles. The summed E-state index contributed by atoms with van der Waals surface area (Å²) in [6.45, 7) is 2.99. The second-order valence-electron chi connectivity index (χ2n) is 6.79. The van der Waals surface area contributed by atoms with Crippen molar-refractivity contribution in [1.82, 2.24) is 4.90 Å². The number of nitrogens with zero attached hydrogens (tertiary/aromatic N) is 1. The maximum Gasteiger partial charge on any atom is 0.189 e. The molecule has 3 nitrogen and oxygen atoms in total. The van der Waals surface area contributed by atoms with Gasteiger partial charge in [0.25, 0.3) is 0 Å². The first-order valence-corrected chi connectivity index (χ1v) is 8.64. The van der Waals surface area contributed by atoms with Crippen molar-refractivity contribution in [2.45, 2.75) is 31.5 Å². The number of hydrogen-bond acceptors (Lipinski definition) is 3. The quantitative estimate of drug-likeness (QED) is 0.845. The molecule has 1 saturated heterocycles. The molecule has 1 aromatic carbocycles. The first kappa shape index (κ1) is 16.4. The van der Waals surface area contributed by atoms with E-state index in [1.54, 1.807) is 6.08 Å². The number of aliphatic hydroxyl groups is 1. The largest absolute Gasteiger partial charge is 0.362 e. The van der Waals surface area contributed by atoms with E-state index in [0.717, 1.165) is 17.9 Å². The Bertz CT molecular complexity index is 558. The van der Waals surface area contributed by atoms with Gasteiger partial charge in [0.15, 0.2) is 5.79 Å². The van der Waals surface area contributed by atoms with Gasteiger partial charge in [0, 0.05) is 6.42 Å². The molecule has 1 fully saturated rings. The fourth-order valence-corrected chi connectivity index (χ4v) is 3.32. The molecule has 3 heteroatoms. The average molecular weight is 313 g/mol. The van der Waals surface area contributed by atoms with Crippen molar-refractivity contribution in [2.24, 2.45) is 5.92 Å². The molecule has 2 aliphatic rings. The number of allylic oxidation sites excluding steroid dienone is 2. The van der Waals surface area contributed by atoms with Crippen molar-refractivity contribution in [1.29, 1.82) is 0 Å². The van der Waals surface area contributed by atoms with Gasteiger partial charge in [-0.2, -0.15) is 0 Å². The number of piperidine rings is 1. The van der Waals surface area contributed by atoms with E-state index < -0.39 is 5.79 Å². The summed E-state index contributed by atoms with van der Waals surface area (Å²) >= 11 is 0. The molecule has 0 saturated carbocycles. The van der Waals surface area contributed by atoms with Gasteiger partial charge in [-0.25, -0.2) is 0 Å². The Morgan fingerprint density at radius 2 is 1.96 bits per heavy atom. The highest BCUT2D eigenvalue weighted by Crippen LogP contribution is 2.28. The molecule has 124 valence electrons. The summed E-state index contributed by atoms with van der Waals surface area (Å²) in [5, 5.41) is 10.5. The summed E-state index contributed by atoms with van der Waals surface area (Å²) in [4.78, 5) is 2.38. The van der Waals surface area contributed by atoms with Crippen LogP contribution in [0.2, 0.25) is 0 Å². The monoisotopic (exact) mass is 313 g/mol. The molecule has 1 heterocycles. The zero-order valence-corrected chi connectivity index (χ0v) is 13.9. The Kier molecular flexibility index (Phi) is 5.31. The molecule has 0 radical (unpaired) electrons. The lowest BCUT2D eigenvalue weighted by atomic mass is 9.94. The van der Waals surface area contributed by atoms with Crippen LogP contribution < -0.4 is 0 Å². The van der Waals surface area contributed by atoms with E-state index in [2.05, 4.69) is 30.2 Å². The minimum absolute atomic E-state index is 0.515. The van der Waals surface area contributed by atoms with Crippen LogP contribution >= 0.6 is 0 Å². The van der Waals surface area contributed by atoms with E-state index in [0.29, 0.717) is 13.0 Å². The lowest BCUT2D eigenvalue weighted by Gasteiger charge is -2.31. The van der Waals surface area contributed by atoms with Crippen molar-refractivity contribution < 1.29 is 9.84 Å². The second-order valence-corrected chi connectivity index (χ2v) is 6.79. The van der Waals surface area contributed by atoms with Gasteiger partial charge < -0.3 is 14.7 Å². The van der Waals surface area contributed by atoms with Crippen LogP contribution in [0.1, 0.15) is 31.2 Å². The molecule has 0 spiro atoms. The molecule has 1 unspecified atom stereocenters. The van der Waals surface area contributed by atoms with Gasteiger partial charge in [0.2, 0.25) is 0 Å². The van der Waals surface area contributed by atoms with Crippen LogP contribution in [-0.2, 0) is 4.74 Å². The van der Waals surface area contributed by atoms with Crippen molar-refractivity contribution in [3.05, 3.63) is 54.1 Å². The third-order valence-electron chi connectivity index (χ3n) is 4.96. The van der Waals surface area contributed by atoms with Crippen LogP contribution in [0, 0.1) is 5.92 Å². The van der Waals surface area contributed by atoms with Crippen LogP contribution in [-0.4, -0.2) is 42.5 Å². The summed E-state index contributed by atoms with van der Waals surface area (Å²) in [5.74, 6) is -0.401. The van der Waals surface area contributed by atoms with E-state index in [-0.39, 0.29) is 0 Å². The summed E-state index contributed by atoms with van der Waals surface area (Å²) in [7, 11) is 2.18. The molecule has 1 aliphatic heterocycles. The molecule has 1 atom stereocenters. The van der Waals surface area contributed by atoms with E-state index in [9.17, 15) is 5.11 Å². The highest BCUT2D eigenvalue weighted by molar-refractivity contribution is 5.75. The first-order valence-electron chi connectivity index (χ1n) is 8.64. The van der Waals surface area contributed by atoms with Gasteiger partial charge in [-0.3, -0.25) is 0 Å². The lowest BCUT2D eigenvalue weighted by molar-refractivity contribution is -0.167. The molecule has 0 bridgehead atoms. The summed E-state index contributed by atoms with van der Waals surface area (Å²) in [5.41, 5.74) is 2.33. The van der Waals surface area contributed by atoms with Crippen LogP contribution in [0.5, 0.6) is 0 Å². The smallest absolute Gasteiger partial charge is 0.189 e. The van der Waals surface area contributed by atoms with Crippen molar-refractivity contribution in [2.75, 3.05) is 26.7 Å². The molecule has 3 rings (SSSR count). The zero-order chi connectivity index (χ0) is 16.1. The molecular weight excluding hydrogens is 286 g/mol. The van der Waals surface area contributed by atoms with Crippen LogP contribution in [0.15, 0.2) is 48.6 Å². The fourth-order valence-electron chi connectivity index (χ4n) is 3.32. The molecule has 1 aliphatic carbocycles. The topological polar surface area (TPSA) is 32.7 Å². The Labute approximate surface area is 139 Å². The molecular formula is C20H27NO2. The molecule has 1 N–H and O–H groups in total. The standard InChI is InChI=1S/C20H27NO2/c1-21-14-9-17(10-15-21)11-16-23-20(22)12-7-19(8-13-20)18-5-3-2-4-6-18/h2-8,12,17,22H,9-11,13-16H2,1H3. The normalized spacial score (nSPS) is 26.3. The van der Waals surface area contributed by atoms with E-state index >= 15 is 0 Å². The van der Waals surface area contributed by atoms with Gasteiger partial charge in [-0.15, -0.1) is 0 Å². The summed E-state index contributed by atoms with van der Waals surface area (Å²) in [6, 6.07) is 10.2. The Hall–Kier alpha value is -1.42. The third kappa shape index (κ3) is 4.54. The molecule has 1 aromatic rings. The van der Waals surface area contributed by atoms with Gasteiger partial charge in [-0.1, -0.05) is 42.5 Å². The summed E-state index contributed by atoms with van der Waals surface area (Å²) in [6.07, 6.45) is 9.86. The third-order valence-corrected chi connectivity index (χ3v) is 4.96. The number of rotatable bonds is 5. The second kappa shape index (κ2) is 7.43.